The van der Waals surface area contributed by atoms with E-state index >= 15 is 0 Å². The Balaban J connectivity index is 1.73. The molecule has 2 amide bonds. The van der Waals surface area contributed by atoms with E-state index in [0.717, 1.165) is 28.1 Å². The molecule has 0 aliphatic carbocycles. The summed E-state index contributed by atoms with van der Waals surface area (Å²) in [6, 6.07) is 11.4. The predicted octanol–water partition coefficient (Wildman–Crippen LogP) is 2.90. The van der Waals surface area contributed by atoms with Crippen molar-refractivity contribution in [2.45, 2.75) is 25.8 Å². The lowest BCUT2D eigenvalue weighted by atomic mass is 10.0. The van der Waals surface area contributed by atoms with Gasteiger partial charge in [0.05, 0.1) is 0 Å². The molecule has 0 unspecified atom stereocenters. The van der Waals surface area contributed by atoms with Crippen LogP contribution in [0.25, 0.3) is 21.7 Å². The molecule has 1 aliphatic heterocycles. The molecule has 1 atom stereocenters. The Kier molecular flexibility index (Phi) is 3.49. The minimum Gasteiger partial charge on any atom is -0.450 e. The fraction of sp³-hybridized carbons (Fsp3) is 0.263. The number of hydrogen-bond acceptors (Lipinski definition) is 3. The Morgan fingerprint density at radius 1 is 1.21 bits per heavy atom. The van der Waals surface area contributed by atoms with Crippen molar-refractivity contribution in [3.63, 3.8) is 0 Å². The lowest BCUT2D eigenvalue weighted by Gasteiger charge is -2.22. The molecule has 2 aromatic carbocycles. The molecule has 5 heteroatoms. The van der Waals surface area contributed by atoms with Gasteiger partial charge in [0.15, 0.2) is 5.76 Å². The van der Waals surface area contributed by atoms with Crippen LogP contribution in [0.5, 0.6) is 0 Å². The number of piperidine rings is 1. The summed E-state index contributed by atoms with van der Waals surface area (Å²) in [5, 5.41) is 8.53. The van der Waals surface area contributed by atoms with Gasteiger partial charge in [-0.05, 0) is 25.2 Å². The highest BCUT2D eigenvalue weighted by Crippen LogP contribution is 2.31. The first-order chi connectivity index (χ1) is 11.6. The van der Waals surface area contributed by atoms with Gasteiger partial charge in [0.2, 0.25) is 5.91 Å². The minimum atomic E-state index is -0.490. The van der Waals surface area contributed by atoms with E-state index in [1.807, 2.05) is 43.3 Å². The summed E-state index contributed by atoms with van der Waals surface area (Å²) in [7, 11) is 0. The molecule has 4 rings (SSSR count). The van der Waals surface area contributed by atoms with Crippen LogP contribution < -0.4 is 10.6 Å². The highest BCUT2D eigenvalue weighted by atomic mass is 16.3. The van der Waals surface area contributed by atoms with Crippen LogP contribution in [0.4, 0.5) is 0 Å². The van der Waals surface area contributed by atoms with Gasteiger partial charge >= 0.3 is 0 Å². The Hall–Kier alpha value is -2.82. The standard InChI is InChI=1S/C19H18N2O3/c1-11-13-9-8-12-5-2-3-6-14(12)17(13)24-16(11)19(23)21-15-7-4-10-20-18(15)22/h2-3,5-6,8-9,15H,4,7,10H2,1H3,(H,20,22)(H,21,23)/t15-/m1/s1. The van der Waals surface area contributed by atoms with Crippen molar-refractivity contribution < 1.29 is 14.0 Å². The fourth-order valence-electron chi connectivity index (χ4n) is 3.30. The van der Waals surface area contributed by atoms with Crippen molar-refractivity contribution >= 4 is 33.6 Å². The molecule has 0 bridgehead atoms. The maximum atomic E-state index is 12.6. The summed E-state index contributed by atoms with van der Waals surface area (Å²) in [6.07, 6.45) is 1.51. The van der Waals surface area contributed by atoms with Crippen molar-refractivity contribution in [3.8, 4) is 0 Å². The number of furan rings is 1. The second kappa shape index (κ2) is 5.67. The number of nitrogens with one attached hydrogen (secondary N) is 2. The third-order valence-electron chi connectivity index (χ3n) is 4.63. The normalized spacial score (nSPS) is 17.9. The number of amides is 2. The summed E-state index contributed by atoms with van der Waals surface area (Å²) >= 11 is 0. The predicted molar refractivity (Wildman–Crippen MR) is 92.0 cm³/mol. The first-order valence-electron chi connectivity index (χ1n) is 8.14. The van der Waals surface area contributed by atoms with Gasteiger partial charge in [0.25, 0.3) is 5.91 Å². The molecule has 0 spiro atoms. The average Bonchev–Trinajstić information content (AvgIpc) is 2.94. The third-order valence-corrected chi connectivity index (χ3v) is 4.63. The first kappa shape index (κ1) is 14.8. The van der Waals surface area contributed by atoms with Crippen molar-refractivity contribution in [2.24, 2.45) is 0 Å². The minimum absolute atomic E-state index is 0.131. The van der Waals surface area contributed by atoms with Crippen molar-refractivity contribution in [3.05, 3.63) is 47.7 Å². The number of hydrogen-bond donors (Lipinski definition) is 2. The molecular weight excluding hydrogens is 304 g/mol. The molecule has 24 heavy (non-hydrogen) atoms. The molecule has 0 radical (unpaired) electrons. The van der Waals surface area contributed by atoms with Gasteiger partial charge in [-0.3, -0.25) is 9.59 Å². The zero-order valence-corrected chi connectivity index (χ0v) is 13.4. The molecule has 0 saturated carbocycles. The third kappa shape index (κ3) is 2.33. The Labute approximate surface area is 139 Å². The molecule has 2 heterocycles. The quantitative estimate of drug-likeness (QED) is 0.762. The van der Waals surface area contributed by atoms with E-state index in [9.17, 15) is 9.59 Å². The van der Waals surface area contributed by atoms with Gasteiger partial charge in [0.1, 0.15) is 11.6 Å². The van der Waals surface area contributed by atoms with Crippen LogP contribution in [0.3, 0.4) is 0 Å². The maximum absolute atomic E-state index is 12.6. The van der Waals surface area contributed by atoms with Crippen LogP contribution in [0.1, 0.15) is 29.0 Å². The number of rotatable bonds is 2. The van der Waals surface area contributed by atoms with Crippen molar-refractivity contribution in [1.82, 2.24) is 10.6 Å². The van der Waals surface area contributed by atoms with Gasteiger partial charge in [-0.15, -0.1) is 0 Å². The second-order valence-corrected chi connectivity index (χ2v) is 6.18. The summed E-state index contributed by atoms with van der Waals surface area (Å²) in [4.78, 5) is 24.4. The molecule has 1 saturated heterocycles. The number of benzene rings is 2. The Morgan fingerprint density at radius 3 is 2.88 bits per heavy atom. The van der Waals surface area contributed by atoms with Crippen molar-refractivity contribution in [2.75, 3.05) is 6.54 Å². The van der Waals surface area contributed by atoms with Crippen LogP contribution in [-0.2, 0) is 4.79 Å². The van der Waals surface area contributed by atoms with Crippen LogP contribution in [0.2, 0.25) is 0 Å². The summed E-state index contributed by atoms with van der Waals surface area (Å²) in [5.74, 6) is -0.191. The smallest absolute Gasteiger partial charge is 0.287 e. The lowest BCUT2D eigenvalue weighted by molar-refractivity contribution is -0.124. The molecule has 1 aliphatic rings. The fourth-order valence-corrected chi connectivity index (χ4v) is 3.30. The van der Waals surface area contributed by atoms with Gasteiger partial charge in [-0.1, -0.05) is 36.4 Å². The van der Waals surface area contributed by atoms with Gasteiger partial charge in [0, 0.05) is 22.9 Å². The van der Waals surface area contributed by atoms with Crippen LogP contribution in [-0.4, -0.2) is 24.4 Å². The average molecular weight is 322 g/mol. The van der Waals surface area contributed by atoms with E-state index < -0.39 is 6.04 Å². The van der Waals surface area contributed by atoms with E-state index in [4.69, 9.17) is 4.42 Å². The summed E-state index contributed by atoms with van der Waals surface area (Å²) < 4.78 is 5.91. The van der Waals surface area contributed by atoms with Gasteiger partial charge in [-0.25, -0.2) is 0 Å². The zero-order chi connectivity index (χ0) is 16.7. The summed E-state index contributed by atoms with van der Waals surface area (Å²) in [6.45, 7) is 2.54. The molecule has 1 fully saturated rings. The van der Waals surface area contributed by atoms with Crippen LogP contribution in [0.15, 0.2) is 40.8 Å². The highest BCUT2D eigenvalue weighted by Gasteiger charge is 2.27. The van der Waals surface area contributed by atoms with Crippen LogP contribution in [0, 0.1) is 6.92 Å². The SMILES string of the molecule is Cc1c(C(=O)N[C@@H]2CCCNC2=O)oc2c1ccc1ccccc12. The Bertz CT molecular complexity index is 958. The van der Waals surface area contributed by atoms with E-state index in [2.05, 4.69) is 10.6 Å². The van der Waals surface area contributed by atoms with E-state index in [0.29, 0.717) is 18.5 Å². The van der Waals surface area contributed by atoms with Crippen molar-refractivity contribution in [1.29, 1.82) is 0 Å². The lowest BCUT2D eigenvalue weighted by Crippen LogP contribution is -2.50. The van der Waals surface area contributed by atoms with E-state index in [-0.39, 0.29) is 17.6 Å². The molecule has 5 nitrogen and oxygen atoms in total. The molecule has 122 valence electrons. The molecule has 1 aromatic heterocycles. The van der Waals surface area contributed by atoms with E-state index in [1.165, 1.54) is 0 Å². The summed E-state index contributed by atoms with van der Waals surface area (Å²) in [5.41, 5.74) is 1.51. The molecule has 2 N–H and O–H groups in total. The highest BCUT2D eigenvalue weighted by molar-refractivity contribution is 6.09. The zero-order valence-electron chi connectivity index (χ0n) is 13.4. The number of fused-ring (bicyclic) bond motifs is 3. The number of carbonyl (C=O) groups is 2. The van der Waals surface area contributed by atoms with Gasteiger partial charge < -0.3 is 15.1 Å². The van der Waals surface area contributed by atoms with Gasteiger partial charge in [-0.2, -0.15) is 0 Å². The largest absolute Gasteiger partial charge is 0.450 e. The molecule has 3 aromatic rings. The number of aryl methyl sites for hydroxylation is 1. The Morgan fingerprint density at radius 2 is 2.04 bits per heavy atom. The van der Waals surface area contributed by atoms with Crippen LogP contribution >= 0.6 is 0 Å². The van der Waals surface area contributed by atoms with E-state index in [1.54, 1.807) is 0 Å². The second-order valence-electron chi connectivity index (χ2n) is 6.18. The number of carbonyl (C=O) groups excluding carboxylic acids is 2. The first-order valence-corrected chi connectivity index (χ1v) is 8.14. The topological polar surface area (TPSA) is 71.3 Å². The molecular formula is C19H18N2O3. The monoisotopic (exact) mass is 322 g/mol. The maximum Gasteiger partial charge on any atom is 0.287 e.